The molecule has 3 rings (SSSR count). The fraction of sp³-hybridized carbons (Fsp3) is 0.500. The molecular formula is C12H14O4. The summed E-state index contributed by atoms with van der Waals surface area (Å²) in [7, 11) is 1.64. The first-order valence-electron chi connectivity index (χ1n) is 5.38. The first-order chi connectivity index (χ1) is 7.74. The smallest absolute Gasteiger partial charge is 0.231 e. The molecule has 1 N–H and O–H groups in total. The van der Waals surface area contributed by atoms with Crippen molar-refractivity contribution in [3.8, 4) is 11.5 Å². The minimum absolute atomic E-state index is 0.231. The molecule has 0 amide bonds. The lowest BCUT2D eigenvalue weighted by Crippen LogP contribution is -2.10. The average molecular weight is 222 g/mol. The summed E-state index contributed by atoms with van der Waals surface area (Å²) in [5.41, 5.74) is 1.10. The highest BCUT2D eigenvalue weighted by molar-refractivity contribution is 5.56. The Morgan fingerprint density at radius 2 is 2.19 bits per heavy atom. The lowest BCUT2D eigenvalue weighted by Gasteiger charge is -2.16. The van der Waals surface area contributed by atoms with Crippen LogP contribution in [0.2, 0.25) is 0 Å². The molecule has 4 heteroatoms. The van der Waals surface area contributed by atoms with Crippen LogP contribution in [0.4, 0.5) is 0 Å². The van der Waals surface area contributed by atoms with E-state index >= 15 is 0 Å². The van der Waals surface area contributed by atoms with Gasteiger partial charge in [0.15, 0.2) is 11.5 Å². The van der Waals surface area contributed by atoms with Crippen LogP contribution in [0.25, 0.3) is 0 Å². The highest BCUT2D eigenvalue weighted by Gasteiger charge is 2.47. The lowest BCUT2D eigenvalue weighted by atomic mass is 9.99. The van der Waals surface area contributed by atoms with Gasteiger partial charge in [0.25, 0.3) is 0 Å². The topological polar surface area (TPSA) is 47.9 Å². The lowest BCUT2D eigenvalue weighted by molar-refractivity contribution is 0.132. The van der Waals surface area contributed by atoms with Crippen LogP contribution < -0.4 is 9.47 Å². The van der Waals surface area contributed by atoms with E-state index in [4.69, 9.17) is 14.2 Å². The fourth-order valence-electron chi connectivity index (χ4n) is 2.17. The van der Waals surface area contributed by atoms with Gasteiger partial charge in [-0.05, 0) is 24.5 Å². The fourth-order valence-corrected chi connectivity index (χ4v) is 2.17. The maximum Gasteiger partial charge on any atom is 0.231 e. The Bertz CT molecular complexity index is 423. The average Bonchev–Trinajstić information content (AvgIpc) is 2.84. The van der Waals surface area contributed by atoms with Crippen molar-refractivity contribution in [3.05, 3.63) is 23.3 Å². The number of aliphatic hydroxyl groups is 1. The molecule has 0 aromatic heterocycles. The van der Waals surface area contributed by atoms with Crippen molar-refractivity contribution < 1.29 is 19.3 Å². The van der Waals surface area contributed by atoms with Crippen molar-refractivity contribution >= 4 is 0 Å². The van der Waals surface area contributed by atoms with E-state index < -0.39 is 5.60 Å². The minimum Gasteiger partial charge on any atom is -0.454 e. The quantitative estimate of drug-likeness (QED) is 0.842. The van der Waals surface area contributed by atoms with Gasteiger partial charge in [-0.2, -0.15) is 0 Å². The molecule has 1 aliphatic heterocycles. The molecule has 1 aromatic carbocycles. The van der Waals surface area contributed by atoms with Crippen LogP contribution in [0, 0.1) is 0 Å². The second-order valence-electron chi connectivity index (χ2n) is 4.30. The molecule has 1 saturated carbocycles. The molecule has 0 spiro atoms. The third-order valence-electron chi connectivity index (χ3n) is 3.11. The molecule has 86 valence electrons. The molecule has 0 unspecified atom stereocenters. The molecule has 1 aromatic rings. The Labute approximate surface area is 93.7 Å². The van der Waals surface area contributed by atoms with Crippen LogP contribution >= 0.6 is 0 Å². The predicted molar refractivity (Wildman–Crippen MR) is 56.4 cm³/mol. The molecule has 1 fully saturated rings. The maximum absolute atomic E-state index is 10.3. The van der Waals surface area contributed by atoms with Crippen molar-refractivity contribution in [2.45, 2.75) is 25.0 Å². The summed E-state index contributed by atoms with van der Waals surface area (Å²) < 4.78 is 15.9. The molecule has 1 aliphatic carbocycles. The van der Waals surface area contributed by atoms with E-state index in [9.17, 15) is 5.11 Å². The maximum atomic E-state index is 10.3. The third kappa shape index (κ3) is 1.37. The zero-order chi connectivity index (χ0) is 11.2. The standard InChI is InChI=1S/C12H14O4/c1-14-6-8-2-3-9-11(16-7-15-9)10(8)12(13)4-5-12/h2-3,13H,4-7H2,1H3. The Kier molecular flexibility index (Phi) is 2.09. The van der Waals surface area contributed by atoms with E-state index in [2.05, 4.69) is 0 Å². The van der Waals surface area contributed by atoms with Crippen molar-refractivity contribution in [3.63, 3.8) is 0 Å². The number of benzene rings is 1. The van der Waals surface area contributed by atoms with Gasteiger partial charge in [0.1, 0.15) is 0 Å². The van der Waals surface area contributed by atoms with E-state index in [0.717, 1.165) is 29.7 Å². The van der Waals surface area contributed by atoms with Gasteiger partial charge in [-0.1, -0.05) is 6.07 Å². The highest BCUT2D eigenvalue weighted by atomic mass is 16.7. The van der Waals surface area contributed by atoms with Gasteiger partial charge in [0.05, 0.1) is 12.2 Å². The van der Waals surface area contributed by atoms with E-state index in [1.165, 1.54) is 0 Å². The summed E-state index contributed by atoms with van der Waals surface area (Å²) in [6.45, 7) is 0.711. The Morgan fingerprint density at radius 3 is 2.88 bits per heavy atom. The summed E-state index contributed by atoms with van der Waals surface area (Å²) in [4.78, 5) is 0. The number of rotatable bonds is 3. The van der Waals surface area contributed by atoms with Crippen LogP contribution in [0.1, 0.15) is 24.0 Å². The predicted octanol–water partition coefficient (Wildman–Crippen LogP) is 1.54. The number of hydrogen-bond donors (Lipinski definition) is 1. The highest BCUT2D eigenvalue weighted by Crippen LogP contribution is 2.53. The first-order valence-corrected chi connectivity index (χ1v) is 5.38. The number of fused-ring (bicyclic) bond motifs is 1. The van der Waals surface area contributed by atoms with Gasteiger partial charge in [0.2, 0.25) is 6.79 Å². The van der Waals surface area contributed by atoms with E-state index in [-0.39, 0.29) is 6.79 Å². The number of ether oxygens (including phenoxy) is 3. The van der Waals surface area contributed by atoms with Crippen LogP contribution in [0.3, 0.4) is 0 Å². The van der Waals surface area contributed by atoms with E-state index in [1.807, 2.05) is 12.1 Å². The summed E-state index contributed by atoms with van der Waals surface area (Å²) in [5.74, 6) is 1.41. The summed E-state index contributed by atoms with van der Waals surface area (Å²) in [6.07, 6.45) is 1.56. The molecule has 0 atom stereocenters. The molecule has 0 saturated heterocycles. The summed E-state index contributed by atoms with van der Waals surface area (Å²) >= 11 is 0. The van der Waals surface area contributed by atoms with Crippen molar-refractivity contribution in [1.82, 2.24) is 0 Å². The Morgan fingerprint density at radius 1 is 1.38 bits per heavy atom. The van der Waals surface area contributed by atoms with Gasteiger partial charge >= 0.3 is 0 Å². The van der Waals surface area contributed by atoms with Crippen LogP contribution in [0.15, 0.2) is 12.1 Å². The Hall–Kier alpha value is -1.26. The molecule has 16 heavy (non-hydrogen) atoms. The summed E-state index contributed by atoms with van der Waals surface area (Å²) in [6, 6.07) is 3.80. The second-order valence-corrected chi connectivity index (χ2v) is 4.30. The van der Waals surface area contributed by atoms with Gasteiger partial charge in [-0.15, -0.1) is 0 Å². The molecule has 0 bridgehead atoms. The second kappa shape index (κ2) is 3.37. The van der Waals surface area contributed by atoms with E-state index in [1.54, 1.807) is 7.11 Å². The van der Waals surface area contributed by atoms with Crippen LogP contribution in [-0.4, -0.2) is 19.0 Å². The van der Waals surface area contributed by atoms with Crippen molar-refractivity contribution in [1.29, 1.82) is 0 Å². The zero-order valence-electron chi connectivity index (χ0n) is 9.16. The Balaban J connectivity index is 2.12. The van der Waals surface area contributed by atoms with Gasteiger partial charge in [-0.3, -0.25) is 0 Å². The van der Waals surface area contributed by atoms with Crippen molar-refractivity contribution in [2.24, 2.45) is 0 Å². The van der Waals surface area contributed by atoms with Crippen LogP contribution in [-0.2, 0) is 16.9 Å². The first kappa shape index (κ1) is 9.93. The van der Waals surface area contributed by atoms with E-state index in [0.29, 0.717) is 12.4 Å². The summed E-state index contributed by atoms with van der Waals surface area (Å²) in [5, 5.41) is 10.3. The normalized spacial score (nSPS) is 19.9. The molecule has 1 heterocycles. The molecule has 0 radical (unpaired) electrons. The molecular weight excluding hydrogens is 208 g/mol. The SMILES string of the molecule is COCc1ccc2c(c1C1(O)CC1)OCO2. The number of hydrogen-bond acceptors (Lipinski definition) is 4. The zero-order valence-corrected chi connectivity index (χ0v) is 9.16. The van der Waals surface area contributed by atoms with Gasteiger partial charge < -0.3 is 19.3 Å². The molecule has 4 nitrogen and oxygen atoms in total. The largest absolute Gasteiger partial charge is 0.454 e. The van der Waals surface area contributed by atoms with Crippen LogP contribution in [0.5, 0.6) is 11.5 Å². The molecule has 2 aliphatic rings. The van der Waals surface area contributed by atoms with Gasteiger partial charge in [0, 0.05) is 12.7 Å². The third-order valence-corrected chi connectivity index (χ3v) is 3.11. The van der Waals surface area contributed by atoms with Gasteiger partial charge in [-0.25, -0.2) is 0 Å². The monoisotopic (exact) mass is 222 g/mol. The number of methoxy groups -OCH3 is 1. The minimum atomic E-state index is -0.729. The van der Waals surface area contributed by atoms with Crippen molar-refractivity contribution in [2.75, 3.05) is 13.9 Å².